The van der Waals surface area contributed by atoms with E-state index in [0.29, 0.717) is 0 Å². The summed E-state index contributed by atoms with van der Waals surface area (Å²) in [5.41, 5.74) is 9.94. The Labute approximate surface area is 79.8 Å². The van der Waals surface area contributed by atoms with Crippen LogP contribution in [0.2, 0.25) is 0 Å². The van der Waals surface area contributed by atoms with E-state index in [2.05, 4.69) is 0 Å². The molecule has 14 heavy (non-hydrogen) atoms. The van der Waals surface area contributed by atoms with Crippen LogP contribution < -0.4 is 16.8 Å². The Balaban J connectivity index is 3.97. The zero-order valence-electron chi connectivity index (χ0n) is 7.21. The molecule has 0 aromatic heterocycles. The lowest BCUT2D eigenvalue weighted by atomic mass is 10.2. The van der Waals surface area contributed by atoms with Crippen molar-refractivity contribution in [1.82, 2.24) is 5.32 Å². The highest BCUT2D eigenvalue weighted by molar-refractivity contribution is 7.51. The van der Waals surface area contributed by atoms with Crippen LogP contribution in [0.5, 0.6) is 0 Å². The first kappa shape index (κ1) is 13.1. The van der Waals surface area contributed by atoms with Gasteiger partial charge in [0.2, 0.25) is 11.8 Å². The SMILES string of the molecule is NC(=O)CC(N)C(=O)NCP(=O)(O)O. The first-order chi connectivity index (χ1) is 6.22. The lowest BCUT2D eigenvalue weighted by Gasteiger charge is -2.10. The molecule has 2 amide bonds. The van der Waals surface area contributed by atoms with Crippen LogP contribution in [0, 0.1) is 0 Å². The van der Waals surface area contributed by atoms with Gasteiger partial charge in [-0.1, -0.05) is 0 Å². The summed E-state index contributed by atoms with van der Waals surface area (Å²) in [6, 6.07) is -1.18. The lowest BCUT2D eigenvalue weighted by Crippen LogP contribution is -2.43. The van der Waals surface area contributed by atoms with Gasteiger partial charge in [-0.15, -0.1) is 0 Å². The molecule has 0 saturated carbocycles. The highest BCUT2D eigenvalue weighted by atomic mass is 31.2. The molecule has 0 aliphatic carbocycles. The second-order valence-electron chi connectivity index (χ2n) is 2.64. The normalized spacial score (nSPS) is 13.4. The minimum Gasteiger partial charge on any atom is -0.370 e. The molecule has 8 nitrogen and oxygen atoms in total. The molecule has 0 spiro atoms. The number of hydrogen-bond acceptors (Lipinski definition) is 4. The maximum Gasteiger partial charge on any atom is 0.344 e. The minimum absolute atomic E-state index is 0.368. The van der Waals surface area contributed by atoms with E-state index in [1.807, 2.05) is 5.32 Å². The monoisotopic (exact) mass is 225 g/mol. The Morgan fingerprint density at radius 1 is 1.43 bits per heavy atom. The lowest BCUT2D eigenvalue weighted by molar-refractivity contribution is -0.126. The number of nitrogens with two attached hydrogens (primary N) is 2. The van der Waals surface area contributed by atoms with Crippen molar-refractivity contribution in [2.45, 2.75) is 12.5 Å². The Hall–Kier alpha value is -0.950. The summed E-state index contributed by atoms with van der Waals surface area (Å²) in [6.07, 6.45) is -1.18. The summed E-state index contributed by atoms with van der Waals surface area (Å²) in [4.78, 5) is 38.1. The first-order valence-corrected chi connectivity index (χ1v) is 5.38. The van der Waals surface area contributed by atoms with Crippen LogP contribution in [0.4, 0.5) is 0 Å². The number of carbonyl (C=O) groups excluding carboxylic acids is 2. The van der Waals surface area contributed by atoms with Crippen LogP contribution >= 0.6 is 7.60 Å². The van der Waals surface area contributed by atoms with E-state index < -0.39 is 31.7 Å². The molecule has 82 valence electrons. The molecule has 0 aliphatic heterocycles. The predicted octanol–water partition coefficient (Wildman–Crippen LogP) is -2.56. The van der Waals surface area contributed by atoms with E-state index in [1.54, 1.807) is 0 Å². The third-order valence-electron chi connectivity index (χ3n) is 1.22. The summed E-state index contributed by atoms with van der Waals surface area (Å²) < 4.78 is 10.3. The van der Waals surface area contributed by atoms with Gasteiger partial charge >= 0.3 is 7.60 Å². The molecule has 0 aliphatic rings. The topological polar surface area (TPSA) is 156 Å². The average molecular weight is 225 g/mol. The van der Waals surface area contributed by atoms with Crippen LogP contribution in [0.25, 0.3) is 0 Å². The summed E-state index contributed by atoms with van der Waals surface area (Å²) in [7, 11) is -4.30. The quantitative estimate of drug-likeness (QED) is 0.324. The highest BCUT2D eigenvalue weighted by Crippen LogP contribution is 2.31. The Morgan fingerprint density at radius 3 is 2.29 bits per heavy atom. The molecule has 0 radical (unpaired) electrons. The summed E-state index contributed by atoms with van der Waals surface area (Å²) >= 11 is 0. The van der Waals surface area contributed by atoms with Gasteiger partial charge in [0.25, 0.3) is 0 Å². The number of primary amides is 1. The van der Waals surface area contributed by atoms with Crippen molar-refractivity contribution in [1.29, 1.82) is 0 Å². The van der Waals surface area contributed by atoms with Gasteiger partial charge in [0, 0.05) is 0 Å². The molecule has 0 bridgehead atoms. The van der Waals surface area contributed by atoms with Crippen molar-refractivity contribution in [3.8, 4) is 0 Å². The van der Waals surface area contributed by atoms with E-state index in [1.165, 1.54) is 0 Å². The fourth-order valence-corrected chi connectivity index (χ4v) is 0.983. The van der Waals surface area contributed by atoms with Crippen molar-refractivity contribution < 1.29 is 23.9 Å². The molecule has 9 heteroatoms. The standard InChI is InChI=1S/C5H12N3O5P/c6-3(1-4(7)9)5(10)8-2-14(11,12)13/h3H,1-2,6H2,(H2,7,9)(H,8,10)(H2,11,12,13). The molecule has 1 atom stereocenters. The molecule has 0 aromatic rings. The molecule has 0 heterocycles. The van der Waals surface area contributed by atoms with Gasteiger partial charge in [0.1, 0.15) is 6.29 Å². The Kier molecular flexibility index (Phi) is 4.72. The van der Waals surface area contributed by atoms with E-state index in [4.69, 9.17) is 21.3 Å². The summed E-state index contributed by atoms with van der Waals surface area (Å²) in [5, 5.41) is 1.89. The second-order valence-corrected chi connectivity index (χ2v) is 4.29. The minimum atomic E-state index is -4.30. The molecule has 0 saturated heterocycles. The van der Waals surface area contributed by atoms with E-state index in [0.717, 1.165) is 0 Å². The zero-order valence-corrected chi connectivity index (χ0v) is 8.11. The van der Waals surface area contributed by atoms with Gasteiger partial charge in [0.05, 0.1) is 12.5 Å². The van der Waals surface area contributed by atoms with Crippen LogP contribution in [-0.2, 0) is 14.2 Å². The van der Waals surface area contributed by atoms with Gasteiger partial charge in [-0.3, -0.25) is 14.2 Å². The molecular formula is C5H12N3O5P. The largest absolute Gasteiger partial charge is 0.370 e. The van der Waals surface area contributed by atoms with Crippen LogP contribution in [0.15, 0.2) is 0 Å². The fourth-order valence-electron chi connectivity index (χ4n) is 0.621. The smallest absolute Gasteiger partial charge is 0.344 e. The third kappa shape index (κ3) is 6.55. The molecule has 0 rings (SSSR count). The van der Waals surface area contributed by atoms with Crippen molar-refractivity contribution in [2.24, 2.45) is 11.5 Å². The van der Waals surface area contributed by atoms with Crippen molar-refractivity contribution in [2.75, 3.05) is 6.29 Å². The number of rotatable bonds is 5. The van der Waals surface area contributed by atoms with Gasteiger partial charge in [-0.25, -0.2) is 0 Å². The second kappa shape index (κ2) is 5.06. The maximum absolute atomic E-state index is 10.9. The molecule has 0 aromatic carbocycles. The van der Waals surface area contributed by atoms with Gasteiger partial charge < -0.3 is 26.6 Å². The van der Waals surface area contributed by atoms with Crippen LogP contribution in [0.3, 0.4) is 0 Å². The highest BCUT2D eigenvalue weighted by Gasteiger charge is 2.19. The van der Waals surface area contributed by atoms with Gasteiger partial charge in [-0.05, 0) is 0 Å². The van der Waals surface area contributed by atoms with Crippen molar-refractivity contribution in [3.63, 3.8) is 0 Å². The fraction of sp³-hybridized carbons (Fsp3) is 0.600. The third-order valence-corrected chi connectivity index (χ3v) is 1.79. The van der Waals surface area contributed by atoms with Crippen molar-refractivity contribution >= 4 is 19.4 Å². The number of carbonyl (C=O) groups is 2. The average Bonchev–Trinajstić information content (AvgIpc) is 1.97. The summed E-state index contributed by atoms with van der Waals surface area (Å²) in [6.45, 7) is 0. The predicted molar refractivity (Wildman–Crippen MR) is 46.8 cm³/mol. The molecule has 7 N–H and O–H groups in total. The summed E-state index contributed by atoms with van der Waals surface area (Å²) in [5.74, 6) is -1.59. The molecule has 0 fully saturated rings. The first-order valence-electron chi connectivity index (χ1n) is 3.58. The molecular weight excluding hydrogens is 213 g/mol. The van der Waals surface area contributed by atoms with Gasteiger partial charge in [-0.2, -0.15) is 0 Å². The number of hydrogen-bond donors (Lipinski definition) is 5. The van der Waals surface area contributed by atoms with Gasteiger partial charge in [0.15, 0.2) is 0 Å². The van der Waals surface area contributed by atoms with E-state index >= 15 is 0 Å². The van der Waals surface area contributed by atoms with Crippen LogP contribution in [-0.4, -0.2) is 33.9 Å². The Bertz CT molecular complexity index is 275. The van der Waals surface area contributed by atoms with Crippen molar-refractivity contribution in [3.05, 3.63) is 0 Å². The molecule has 1 unspecified atom stereocenters. The maximum atomic E-state index is 10.9. The number of nitrogens with one attached hydrogen (secondary N) is 1. The van der Waals surface area contributed by atoms with E-state index in [-0.39, 0.29) is 6.42 Å². The number of amides is 2. The Morgan fingerprint density at radius 2 is 1.93 bits per heavy atom. The van der Waals surface area contributed by atoms with E-state index in [9.17, 15) is 14.2 Å². The zero-order chi connectivity index (χ0) is 11.4. The van der Waals surface area contributed by atoms with Crippen LogP contribution in [0.1, 0.15) is 6.42 Å².